The number of benzene rings is 6. The SMILES string of the molecule is O=[N+]([O-])c1ccc(-n2c[n+](Cc3ccc4ccc5cccc6ccc3c4c56)c3ccccc32)cc1. The van der Waals surface area contributed by atoms with Crippen LogP contribution in [0, 0.1) is 10.1 Å². The van der Waals surface area contributed by atoms with Gasteiger partial charge in [0.1, 0.15) is 12.2 Å². The highest BCUT2D eigenvalue weighted by Gasteiger charge is 2.19. The van der Waals surface area contributed by atoms with E-state index in [4.69, 9.17) is 0 Å². The minimum atomic E-state index is -0.369. The molecule has 0 saturated carbocycles. The molecule has 35 heavy (non-hydrogen) atoms. The lowest BCUT2D eigenvalue weighted by molar-refractivity contribution is -0.662. The molecular formula is C30H20N3O2+. The van der Waals surface area contributed by atoms with Crippen LogP contribution < -0.4 is 4.57 Å². The maximum atomic E-state index is 11.1. The molecule has 0 amide bonds. The van der Waals surface area contributed by atoms with Gasteiger partial charge in [0.2, 0.25) is 6.33 Å². The van der Waals surface area contributed by atoms with Crippen molar-refractivity contribution < 1.29 is 9.49 Å². The molecular weight excluding hydrogens is 434 g/mol. The standard InChI is InChI=1S/C30H20N3O2/c34-33(35)25-15-13-24(14-16-25)32-19-31(27-6-1-2-7-28(27)32)18-23-11-10-22-9-8-20-4-3-5-21-12-17-26(23)30(22)29(20)21/h1-17,19H,18H2/q+1. The topological polar surface area (TPSA) is 52.0 Å². The molecule has 0 N–H and O–H groups in total. The smallest absolute Gasteiger partial charge is 0.258 e. The molecule has 0 atom stereocenters. The van der Waals surface area contributed by atoms with Crippen LogP contribution >= 0.6 is 0 Å². The van der Waals surface area contributed by atoms with Gasteiger partial charge >= 0.3 is 0 Å². The van der Waals surface area contributed by atoms with E-state index in [0.717, 1.165) is 16.7 Å². The highest BCUT2D eigenvalue weighted by Crippen LogP contribution is 2.36. The van der Waals surface area contributed by atoms with E-state index in [0.29, 0.717) is 6.54 Å². The number of fused-ring (bicyclic) bond motifs is 1. The van der Waals surface area contributed by atoms with Crippen molar-refractivity contribution >= 4 is 49.0 Å². The molecule has 166 valence electrons. The van der Waals surface area contributed by atoms with Crippen molar-refractivity contribution in [3.05, 3.63) is 125 Å². The molecule has 0 spiro atoms. The Labute approximate surface area is 200 Å². The average Bonchev–Trinajstić information content (AvgIpc) is 3.26. The molecule has 7 rings (SSSR count). The Hall–Kier alpha value is -4.77. The van der Waals surface area contributed by atoms with Gasteiger partial charge in [-0.15, -0.1) is 0 Å². The number of aromatic nitrogens is 2. The first-order chi connectivity index (χ1) is 17.2. The van der Waals surface area contributed by atoms with Gasteiger partial charge in [-0.05, 0) is 56.6 Å². The van der Waals surface area contributed by atoms with Gasteiger partial charge in [0.25, 0.3) is 5.69 Å². The van der Waals surface area contributed by atoms with Gasteiger partial charge in [-0.2, -0.15) is 4.57 Å². The van der Waals surface area contributed by atoms with Gasteiger partial charge in [-0.1, -0.05) is 66.7 Å². The summed E-state index contributed by atoms with van der Waals surface area (Å²) >= 11 is 0. The van der Waals surface area contributed by atoms with E-state index in [2.05, 4.69) is 82.2 Å². The molecule has 1 aromatic heterocycles. The maximum Gasteiger partial charge on any atom is 0.269 e. The highest BCUT2D eigenvalue weighted by molar-refractivity contribution is 6.23. The number of para-hydroxylation sites is 2. The molecule has 0 fully saturated rings. The third kappa shape index (κ3) is 2.98. The first kappa shape index (κ1) is 19.7. The monoisotopic (exact) mass is 454 g/mol. The molecule has 5 heteroatoms. The predicted molar refractivity (Wildman–Crippen MR) is 139 cm³/mol. The molecule has 0 aliphatic carbocycles. The quantitative estimate of drug-likeness (QED) is 0.128. The van der Waals surface area contributed by atoms with E-state index in [9.17, 15) is 10.1 Å². The van der Waals surface area contributed by atoms with Crippen molar-refractivity contribution in [1.82, 2.24) is 4.57 Å². The summed E-state index contributed by atoms with van der Waals surface area (Å²) in [6, 6.07) is 34.8. The average molecular weight is 455 g/mol. The Kier molecular flexibility index (Phi) is 4.14. The van der Waals surface area contributed by atoms with Gasteiger partial charge < -0.3 is 0 Å². The summed E-state index contributed by atoms with van der Waals surface area (Å²) < 4.78 is 4.35. The number of rotatable bonds is 4. The highest BCUT2D eigenvalue weighted by atomic mass is 16.6. The number of nitro groups is 1. The van der Waals surface area contributed by atoms with Crippen molar-refractivity contribution in [3.8, 4) is 5.69 Å². The lowest BCUT2D eigenvalue weighted by atomic mass is 9.92. The summed E-state index contributed by atoms with van der Waals surface area (Å²) in [5.74, 6) is 0. The van der Waals surface area contributed by atoms with Crippen LogP contribution in [0.25, 0.3) is 49.0 Å². The van der Waals surface area contributed by atoms with Crippen LogP contribution in [0.2, 0.25) is 0 Å². The van der Waals surface area contributed by atoms with E-state index in [1.807, 2.05) is 12.1 Å². The molecule has 0 radical (unpaired) electrons. The Morgan fingerprint density at radius 2 is 1.40 bits per heavy atom. The van der Waals surface area contributed by atoms with E-state index in [1.54, 1.807) is 24.3 Å². The van der Waals surface area contributed by atoms with Gasteiger partial charge in [0, 0.05) is 17.7 Å². The summed E-state index contributed by atoms with van der Waals surface area (Å²) in [6.07, 6.45) is 2.09. The number of hydrogen-bond donors (Lipinski definition) is 0. The normalized spacial score (nSPS) is 11.8. The molecule has 0 aliphatic heterocycles. The zero-order valence-corrected chi connectivity index (χ0v) is 18.8. The first-order valence-corrected chi connectivity index (χ1v) is 11.6. The fraction of sp³-hybridized carbons (Fsp3) is 0.0333. The summed E-state index contributed by atoms with van der Waals surface area (Å²) in [7, 11) is 0. The molecule has 0 bridgehead atoms. The Balaban J connectivity index is 1.40. The molecule has 7 aromatic rings. The van der Waals surface area contributed by atoms with Crippen LogP contribution in [-0.2, 0) is 6.54 Å². The van der Waals surface area contributed by atoms with Crippen molar-refractivity contribution in [3.63, 3.8) is 0 Å². The van der Waals surface area contributed by atoms with Gasteiger partial charge in [0.05, 0.1) is 4.92 Å². The molecule has 1 heterocycles. The largest absolute Gasteiger partial charge is 0.269 e. The predicted octanol–water partition coefficient (Wildman–Crippen LogP) is 6.77. The summed E-state index contributed by atoms with van der Waals surface area (Å²) in [4.78, 5) is 10.7. The van der Waals surface area contributed by atoms with E-state index >= 15 is 0 Å². The van der Waals surface area contributed by atoms with Crippen molar-refractivity contribution in [2.45, 2.75) is 6.54 Å². The number of nitrogens with zero attached hydrogens (tertiary/aromatic N) is 3. The van der Waals surface area contributed by atoms with Gasteiger partial charge in [-0.3, -0.25) is 10.1 Å². The van der Waals surface area contributed by atoms with Gasteiger partial charge in [0.15, 0.2) is 11.0 Å². The Morgan fingerprint density at radius 1 is 0.714 bits per heavy atom. The van der Waals surface area contributed by atoms with Crippen LogP contribution in [-0.4, -0.2) is 9.49 Å². The van der Waals surface area contributed by atoms with Gasteiger partial charge in [-0.25, -0.2) is 4.57 Å². The van der Waals surface area contributed by atoms with Crippen LogP contribution in [0.4, 0.5) is 5.69 Å². The summed E-state index contributed by atoms with van der Waals surface area (Å²) in [5, 5.41) is 18.8. The third-order valence-corrected chi connectivity index (χ3v) is 7.00. The second-order valence-electron chi connectivity index (χ2n) is 8.96. The number of imidazole rings is 1. The van der Waals surface area contributed by atoms with E-state index in [1.165, 1.54) is 37.9 Å². The number of non-ortho nitro benzene ring substituents is 1. The van der Waals surface area contributed by atoms with Crippen LogP contribution in [0.3, 0.4) is 0 Å². The number of nitro benzene ring substituents is 1. The Morgan fingerprint density at radius 3 is 2.17 bits per heavy atom. The lowest BCUT2D eigenvalue weighted by Gasteiger charge is -2.13. The fourth-order valence-corrected chi connectivity index (χ4v) is 5.36. The maximum absolute atomic E-state index is 11.1. The van der Waals surface area contributed by atoms with Crippen LogP contribution in [0.1, 0.15) is 5.56 Å². The van der Waals surface area contributed by atoms with Crippen molar-refractivity contribution in [1.29, 1.82) is 0 Å². The molecule has 0 unspecified atom stereocenters. The van der Waals surface area contributed by atoms with Crippen molar-refractivity contribution in [2.75, 3.05) is 0 Å². The fourth-order valence-electron chi connectivity index (χ4n) is 5.36. The summed E-state index contributed by atoms with van der Waals surface area (Å²) in [6.45, 7) is 0.717. The van der Waals surface area contributed by atoms with Crippen molar-refractivity contribution in [2.24, 2.45) is 0 Å². The van der Waals surface area contributed by atoms with E-state index < -0.39 is 0 Å². The zero-order chi connectivity index (χ0) is 23.5. The first-order valence-electron chi connectivity index (χ1n) is 11.6. The molecule has 0 saturated heterocycles. The Bertz CT molecular complexity index is 1890. The minimum absolute atomic E-state index is 0.0896. The number of hydrogen-bond acceptors (Lipinski definition) is 2. The van der Waals surface area contributed by atoms with Crippen LogP contribution in [0.5, 0.6) is 0 Å². The molecule has 0 aliphatic rings. The second kappa shape index (κ2) is 7.37. The molecule has 6 aromatic carbocycles. The zero-order valence-electron chi connectivity index (χ0n) is 18.8. The second-order valence-corrected chi connectivity index (χ2v) is 8.96. The molecule has 5 nitrogen and oxygen atoms in total. The lowest BCUT2D eigenvalue weighted by Crippen LogP contribution is -2.32. The van der Waals surface area contributed by atoms with E-state index in [-0.39, 0.29) is 10.6 Å². The minimum Gasteiger partial charge on any atom is -0.258 e. The summed E-state index contributed by atoms with van der Waals surface area (Å²) in [5.41, 5.74) is 4.40. The third-order valence-electron chi connectivity index (χ3n) is 7.00. The van der Waals surface area contributed by atoms with Crippen LogP contribution in [0.15, 0.2) is 109 Å².